The third kappa shape index (κ3) is 6.79. The van der Waals surface area contributed by atoms with Gasteiger partial charge in [-0.15, -0.1) is 0 Å². The van der Waals surface area contributed by atoms with Crippen molar-refractivity contribution in [3.8, 4) is 11.5 Å². The molecule has 1 heterocycles. The molecule has 0 unspecified atom stereocenters. The number of carbonyl (C=O) groups excluding carboxylic acids is 3. The monoisotopic (exact) mass is 692 g/mol. The number of nitrogens with one attached hydrogen (secondary N) is 1. The van der Waals surface area contributed by atoms with Crippen molar-refractivity contribution >= 4 is 73.9 Å². The summed E-state index contributed by atoms with van der Waals surface area (Å²) in [6.07, 6.45) is 1.64. The largest absolute Gasteiger partial charge is 0.490 e. The number of aryl methyl sites for hydroxylation is 2. The standard InChI is InChI=1S/C33H29IN2O5S/c1-4-40-28-16-22(15-27(34)31(28)41-19-24-10-7-9-23-8-5-6-11-26(23)24)17-29-32(38)36(33(39)42-29)18-30(37)35-25-13-20(2)12-21(3)14-25/h5-17H,4,18-19H2,1-3H3,(H,35,37)/b29-17+. The topological polar surface area (TPSA) is 84.9 Å². The van der Waals surface area contributed by atoms with Crippen LogP contribution >= 0.6 is 34.4 Å². The Morgan fingerprint density at radius 2 is 1.71 bits per heavy atom. The number of benzene rings is 4. The molecule has 0 bridgehead atoms. The van der Waals surface area contributed by atoms with Gasteiger partial charge in [0.1, 0.15) is 13.2 Å². The molecule has 214 valence electrons. The van der Waals surface area contributed by atoms with E-state index < -0.39 is 17.1 Å². The molecule has 0 radical (unpaired) electrons. The molecule has 0 spiro atoms. The molecule has 9 heteroatoms. The van der Waals surface area contributed by atoms with Crippen LogP contribution in [0.3, 0.4) is 0 Å². The molecule has 0 atom stereocenters. The van der Waals surface area contributed by atoms with E-state index in [-0.39, 0.29) is 11.4 Å². The third-order valence-electron chi connectivity index (χ3n) is 6.56. The van der Waals surface area contributed by atoms with Gasteiger partial charge in [0.15, 0.2) is 11.5 Å². The highest BCUT2D eigenvalue weighted by molar-refractivity contribution is 14.1. The summed E-state index contributed by atoms with van der Waals surface area (Å²) < 4.78 is 13.0. The smallest absolute Gasteiger partial charge is 0.294 e. The SMILES string of the molecule is CCOc1cc(/C=C2/SC(=O)N(CC(=O)Nc3cc(C)cc(C)c3)C2=O)cc(I)c1OCc1cccc2ccccc12. The zero-order chi connectivity index (χ0) is 29.8. The van der Waals surface area contributed by atoms with Gasteiger partial charge in [0.05, 0.1) is 15.1 Å². The molecule has 0 saturated carbocycles. The first-order valence-electron chi connectivity index (χ1n) is 13.4. The lowest BCUT2D eigenvalue weighted by atomic mass is 10.1. The number of nitrogens with zero attached hydrogens (tertiary/aromatic N) is 1. The fourth-order valence-electron chi connectivity index (χ4n) is 4.82. The van der Waals surface area contributed by atoms with Gasteiger partial charge in [0.2, 0.25) is 5.91 Å². The average Bonchev–Trinajstić information content (AvgIpc) is 3.19. The van der Waals surface area contributed by atoms with Crippen LogP contribution in [-0.4, -0.2) is 35.1 Å². The summed E-state index contributed by atoms with van der Waals surface area (Å²) in [4.78, 5) is 39.7. The number of halogens is 1. The molecule has 1 saturated heterocycles. The highest BCUT2D eigenvalue weighted by Gasteiger charge is 2.36. The van der Waals surface area contributed by atoms with Crippen molar-refractivity contribution in [2.75, 3.05) is 18.5 Å². The minimum absolute atomic E-state index is 0.238. The summed E-state index contributed by atoms with van der Waals surface area (Å²) in [5.74, 6) is 0.205. The predicted molar refractivity (Wildman–Crippen MR) is 176 cm³/mol. The Bertz CT molecular complexity index is 1710. The Morgan fingerprint density at radius 3 is 2.48 bits per heavy atom. The molecule has 0 aliphatic carbocycles. The lowest BCUT2D eigenvalue weighted by molar-refractivity contribution is -0.127. The van der Waals surface area contributed by atoms with Gasteiger partial charge in [-0.25, -0.2) is 0 Å². The van der Waals surface area contributed by atoms with Crippen molar-refractivity contribution in [3.63, 3.8) is 0 Å². The number of anilines is 1. The van der Waals surface area contributed by atoms with Gasteiger partial charge in [0.25, 0.3) is 11.1 Å². The van der Waals surface area contributed by atoms with E-state index in [1.165, 1.54) is 0 Å². The van der Waals surface area contributed by atoms with Gasteiger partial charge in [-0.05, 0) is 118 Å². The van der Waals surface area contributed by atoms with Gasteiger partial charge in [-0.2, -0.15) is 0 Å². The van der Waals surface area contributed by atoms with Gasteiger partial charge < -0.3 is 14.8 Å². The first kappa shape index (κ1) is 29.7. The second-order valence-corrected chi connectivity index (χ2v) is 12.0. The molecule has 5 rings (SSSR count). The Morgan fingerprint density at radius 1 is 0.976 bits per heavy atom. The number of rotatable bonds is 9. The first-order chi connectivity index (χ1) is 20.2. The van der Waals surface area contributed by atoms with E-state index in [0.717, 1.165) is 47.7 Å². The summed E-state index contributed by atoms with van der Waals surface area (Å²) in [5.41, 5.74) is 4.38. The Labute approximate surface area is 262 Å². The minimum Gasteiger partial charge on any atom is -0.490 e. The molecule has 0 aromatic heterocycles. The summed E-state index contributed by atoms with van der Waals surface area (Å²) in [6, 6.07) is 23.6. The lowest BCUT2D eigenvalue weighted by Crippen LogP contribution is -2.36. The van der Waals surface area contributed by atoms with Crippen molar-refractivity contribution in [1.29, 1.82) is 0 Å². The van der Waals surface area contributed by atoms with E-state index in [1.54, 1.807) is 12.1 Å². The minimum atomic E-state index is -0.509. The molecular weight excluding hydrogens is 663 g/mol. The molecule has 1 N–H and O–H groups in total. The average molecular weight is 693 g/mol. The Balaban J connectivity index is 1.32. The van der Waals surface area contributed by atoms with E-state index in [9.17, 15) is 14.4 Å². The number of ether oxygens (including phenoxy) is 2. The van der Waals surface area contributed by atoms with Gasteiger partial charge in [-0.1, -0.05) is 48.5 Å². The normalized spacial score (nSPS) is 14.1. The molecule has 1 aliphatic rings. The van der Waals surface area contributed by atoms with Crippen molar-refractivity contribution in [2.45, 2.75) is 27.4 Å². The van der Waals surface area contributed by atoms with Crippen LogP contribution in [0.25, 0.3) is 16.8 Å². The van der Waals surface area contributed by atoms with Gasteiger partial charge in [-0.3, -0.25) is 19.3 Å². The first-order valence-corrected chi connectivity index (χ1v) is 15.3. The summed E-state index contributed by atoms with van der Waals surface area (Å²) in [5, 5.41) is 4.56. The van der Waals surface area contributed by atoms with Crippen LogP contribution in [0.2, 0.25) is 0 Å². The zero-order valence-electron chi connectivity index (χ0n) is 23.4. The van der Waals surface area contributed by atoms with Crippen LogP contribution in [0.15, 0.2) is 77.7 Å². The number of carbonyl (C=O) groups is 3. The van der Waals surface area contributed by atoms with E-state index >= 15 is 0 Å². The van der Waals surface area contributed by atoms with Crippen LogP contribution in [0.4, 0.5) is 10.5 Å². The van der Waals surface area contributed by atoms with Gasteiger partial charge >= 0.3 is 0 Å². The Kier molecular flexibility index (Phi) is 9.18. The van der Waals surface area contributed by atoms with Crippen LogP contribution in [0.1, 0.15) is 29.2 Å². The lowest BCUT2D eigenvalue weighted by Gasteiger charge is -2.16. The highest BCUT2D eigenvalue weighted by atomic mass is 127. The van der Waals surface area contributed by atoms with E-state index in [0.29, 0.717) is 36.0 Å². The predicted octanol–water partition coefficient (Wildman–Crippen LogP) is 7.71. The number of imide groups is 1. The second-order valence-electron chi connectivity index (χ2n) is 9.88. The summed E-state index contributed by atoms with van der Waals surface area (Å²) in [6.45, 7) is 6.19. The highest BCUT2D eigenvalue weighted by Crippen LogP contribution is 2.38. The van der Waals surface area contributed by atoms with Crippen LogP contribution < -0.4 is 14.8 Å². The van der Waals surface area contributed by atoms with Gasteiger partial charge in [0, 0.05) is 5.69 Å². The zero-order valence-corrected chi connectivity index (χ0v) is 26.4. The van der Waals surface area contributed by atoms with Crippen molar-refractivity contribution < 1.29 is 23.9 Å². The maximum Gasteiger partial charge on any atom is 0.294 e. The fourth-order valence-corrected chi connectivity index (χ4v) is 6.44. The maximum absolute atomic E-state index is 13.1. The van der Waals surface area contributed by atoms with Crippen molar-refractivity contribution in [2.24, 2.45) is 0 Å². The van der Waals surface area contributed by atoms with E-state index in [2.05, 4.69) is 46.1 Å². The quantitative estimate of drug-likeness (QED) is 0.143. The molecule has 7 nitrogen and oxygen atoms in total. The molecule has 42 heavy (non-hydrogen) atoms. The Hall–Kier alpha value is -3.83. The van der Waals surface area contributed by atoms with E-state index in [4.69, 9.17) is 9.47 Å². The fraction of sp³-hybridized carbons (Fsp3) is 0.182. The molecule has 1 aliphatic heterocycles. The molecular formula is C33H29IN2O5S. The second kappa shape index (κ2) is 13.0. The van der Waals surface area contributed by atoms with Crippen molar-refractivity contribution in [3.05, 3.63) is 104 Å². The maximum atomic E-state index is 13.1. The van der Waals surface area contributed by atoms with E-state index in [1.807, 2.05) is 69.3 Å². The van der Waals surface area contributed by atoms with Crippen molar-refractivity contribution in [1.82, 2.24) is 4.90 Å². The molecule has 4 aromatic rings. The summed E-state index contributed by atoms with van der Waals surface area (Å²) >= 11 is 3.00. The number of hydrogen-bond acceptors (Lipinski definition) is 6. The number of thioether (sulfide) groups is 1. The summed E-state index contributed by atoms with van der Waals surface area (Å²) in [7, 11) is 0. The van der Waals surface area contributed by atoms with Crippen LogP contribution in [0.5, 0.6) is 11.5 Å². The number of amides is 3. The number of fused-ring (bicyclic) bond motifs is 1. The third-order valence-corrected chi connectivity index (χ3v) is 8.27. The van der Waals surface area contributed by atoms with Crippen LogP contribution in [0, 0.1) is 17.4 Å². The number of hydrogen-bond donors (Lipinski definition) is 1. The van der Waals surface area contributed by atoms with Crippen LogP contribution in [-0.2, 0) is 16.2 Å². The molecule has 3 amide bonds. The molecule has 4 aromatic carbocycles. The molecule has 1 fully saturated rings.